The molecule has 5 heteroatoms. The average molecular weight is 304 g/mol. The average Bonchev–Trinajstić information content (AvgIpc) is 2.42. The monoisotopic (exact) mass is 304 g/mol. The smallest absolute Gasteiger partial charge is 0.0107 e. The molecule has 0 amide bonds. The standard InChI is InChI=1S/C13H28N4.Cu/c1-4-14-6-13-17-9-2-5-15-7-12-16(8-1)10-3-11-17;/h14-15H,1-13H2;/i;1+0. The summed E-state index contributed by atoms with van der Waals surface area (Å²) >= 11 is 0. The van der Waals surface area contributed by atoms with Crippen molar-refractivity contribution in [2.75, 3.05) is 65.4 Å². The van der Waals surface area contributed by atoms with E-state index in [2.05, 4.69) is 20.4 Å². The molecule has 0 spiro atoms. The Morgan fingerprint density at radius 3 is 1.44 bits per heavy atom. The van der Waals surface area contributed by atoms with Crippen molar-refractivity contribution < 1.29 is 17.1 Å². The van der Waals surface area contributed by atoms with E-state index >= 15 is 0 Å². The van der Waals surface area contributed by atoms with Crippen LogP contribution < -0.4 is 10.6 Å². The molecule has 0 aliphatic carbocycles. The fraction of sp³-hybridized carbons (Fsp3) is 1.00. The largest absolute Gasteiger partial charge is 0.315 e. The molecular formula is C13H28CuN4. The van der Waals surface area contributed by atoms with Gasteiger partial charge in [0.15, 0.2) is 0 Å². The Balaban J connectivity index is 0.00000162. The minimum atomic E-state index is 0. The second kappa shape index (κ2) is 10.2. The van der Waals surface area contributed by atoms with Crippen molar-refractivity contribution in [1.82, 2.24) is 20.4 Å². The molecule has 1 radical (unpaired) electrons. The second-order valence-electron chi connectivity index (χ2n) is 5.24. The number of hydrogen-bond acceptors (Lipinski definition) is 4. The van der Waals surface area contributed by atoms with Gasteiger partial charge in [-0.25, -0.2) is 0 Å². The van der Waals surface area contributed by atoms with E-state index in [1.807, 2.05) is 0 Å². The third-order valence-electron chi connectivity index (χ3n) is 3.81. The van der Waals surface area contributed by atoms with Crippen molar-refractivity contribution in [2.45, 2.75) is 19.3 Å². The Morgan fingerprint density at radius 2 is 0.944 bits per heavy atom. The summed E-state index contributed by atoms with van der Waals surface area (Å²) in [4.78, 5) is 5.26. The maximum atomic E-state index is 3.57. The molecule has 4 nitrogen and oxygen atoms in total. The SMILES string of the molecule is C1CNCCN2CCCNCCN(C1)CCC2.[64Cu]. The Kier molecular flexibility index (Phi) is 9.29. The van der Waals surface area contributed by atoms with E-state index in [1.165, 1.54) is 71.6 Å². The number of nitrogens with one attached hydrogen (secondary N) is 2. The van der Waals surface area contributed by atoms with Gasteiger partial charge in [0.1, 0.15) is 0 Å². The van der Waals surface area contributed by atoms with Crippen LogP contribution in [0.15, 0.2) is 0 Å². The van der Waals surface area contributed by atoms with Crippen LogP contribution in [0, 0.1) is 0 Å². The minimum Gasteiger partial charge on any atom is -0.315 e. The van der Waals surface area contributed by atoms with Crippen molar-refractivity contribution in [3.63, 3.8) is 0 Å². The molecule has 2 aliphatic rings. The Morgan fingerprint density at radius 1 is 0.500 bits per heavy atom. The molecule has 0 aromatic heterocycles. The molecule has 2 heterocycles. The molecule has 2 N–H and O–H groups in total. The van der Waals surface area contributed by atoms with E-state index in [-0.39, 0.29) is 17.1 Å². The first-order valence-corrected chi connectivity index (χ1v) is 7.31. The zero-order chi connectivity index (χ0) is 11.8. The fourth-order valence-electron chi connectivity index (χ4n) is 2.77. The predicted molar refractivity (Wildman–Crippen MR) is 72.5 cm³/mol. The van der Waals surface area contributed by atoms with Crippen molar-refractivity contribution in [3.8, 4) is 0 Å². The molecule has 2 saturated heterocycles. The molecule has 2 atom stereocenters. The van der Waals surface area contributed by atoms with Gasteiger partial charge in [-0.05, 0) is 58.5 Å². The Hall–Kier alpha value is 0.359. The molecule has 2 bridgehead atoms. The van der Waals surface area contributed by atoms with Crippen molar-refractivity contribution in [3.05, 3.63) is 0 Å². The van der Waals surface area contributed by atoms with Crippen LogP contribution in [0.1, 0.15) is 19.3 Å². The zero-order valence-electron chi connectivity index (χ0n) is 11.4. The first-order valence-electron chi connectivity index (χ1n) is 7.31. The summed E-state index contributed by atoms with van der Waals surface area (Å²) in [5, 5.41) is 7.14. The van der Waals surface area contributed by atoms with Crippen LogP contribution in [0.2, 0.25) is 0 Å². The summed E-state index contributed by atoms with van der Waals surface area (Å²) in [6.45, 7) is 12.2. The number of fused-ring (bicyclic) bond motifs is 4. The molecule has 0 aromatic carbocycles. The summed E-state index contributed by atoms with van der Waals surface area (Å²) in [5.41, 5.74) is 0. The molecular weight excluding hydrogens is 276 g/mol. The number of rotatable bonds is 0. The molecule has 0 saturated carbocycles. The van der Waals surface area contributed by atoms with Crippen LogP contribution in [-0.2, 0) is 17.1 Å². The summed E-state index contributed by atoms with van der Waals surface area (Å²) in [6, 6.07) is 0. The second-order valence-corrected chi connectivity index (χ2v) is 5.24. The van der Waals surface area contributed by atoms with E-state index in [1.54, 1.807) is 0 Å². The van der Waals surface area contributed by atoms with Gasteiger partial charge in [0, 0.05) is 43.2 Å². The van der Waals surface area contributed by atoms with Crippen LogP contribution in [0.4, 0.5) is 0 Å². The number of hydrogen-bond donors (Lipinski definition) is 2. The first-order chi connectivity index (χ1) is 8.45. The summed E-state index contributed by atoms with van der Waals surface area (Å²) in [6.07, 6.45) is 3.92. The summed E-state index contributed by atoms with van der Waals surface area (Å²) in [7, 11) is 0. The molecule has 2 unspecified atom stereocenters. The fourth-order valence-corrected chi connectivity index (χ4v) is 2.77. The molecule has 18 heavy (non-hydrogen) atoms. The topological polar surface area (TPSA) is 30.5 Å². The van der Waals surface area contributed by atoms with Gasteiger partial charge in [0.05, 0.1) is 0 Å². The van der Waals surface area contributed by atoms with Gasteiger partial charge in [-0.1, -0.05) is 0 Å². The molecule has 2 fully saturated rings. The van der Waals surface area contributed by atoms with Gasteiger partial charge in [-0.3, -0.25) is 0 Å². The molecule has 2 rings (SSSR count). The van der Waals surface area contributed by atoms with Crippen LogP contribution in [0.25, 0.3) is 0 Å². The Bertz CT molecular complexity index is 167. The molecule has 111 valence electrons. The maximum Gasteiger partial charge on any atom is 0.0107 e. The Labute approximate surface area is 122 Å². The van der Waals surface area contributed by atoms with Gasteiger partial charge in [-0.2, -0.15) is 0 Å². The van der Waals surface area contributed by atoms with Crippen molar-refractivity contribution >= 4 is 0 Å². The van der Waals surface area contributed by atoms with E-state index < -0.39 is 0 Å². The third-order valence-corrected chi connectivity index (χ3v) is 3.81. The summed E-state index contributed by atoms with van der Waals surface area (Å²) in [5.74, 6) is 0. The van der Waals surface area contributed by atoms with Gasteiger partial charge in [0.25, 0.3) is 0 Å². The van der Waals surface area contributed by atoms with Crippen LogP contribution in [-0.4, -0.2) is 75.2 Å². The van der Waals surface area contributed by atoms with Crippen LogP contribution in [0.3, 0.4) is 0 Å². The van der Waals surface area contributed by atoms with E-state index in [4.69, 9.17) is 0 Å². The quantitative estimate of drug-likeness (QED) is 0.615. The van der Waals surface area contributed by atoms with Gasteiger partial charge in [-0.15, -0.1) is 0 Å². The van der Waals surface area contributed by atoms with Crippen LogP contribution >= 0.6 is 0 Å². The first kappa shape index (κ1) is 16.4. The molecule has 2 aliphatic heterocycles. The van der Waals surface area contributed by atoms with E-state index in [0.29, 0.717) is 0 Å². The summed E-state index contributed by atoms with van der Waals surface area (Å²) < 4.78 is 0. The van der Waals surface area contributed by atoms with Gasteiger partial charge >= 0.3 is 0 Å². The molecule has 0 aromatic rings. The predicted octanol–water partition coefficient (Wildman–Crippen LogP) is -0.0354. The van der Waals surface area contributed by atoms with Crippen molar-refractivity contribution in [1.29, 1.82) is 0 Å². The number of nitrogens with zero attached hydrogens (tertiary/aromatic N) is 2. The van der Waals surface area contributed by atoms with Crippen LogP contribution in [0.5, 0.6) is 0 Å². The van der Waals surface area contributed by atoms with Gasteiger partial charge < -0.3 is 20.4 Å². The van der Waals surface area contributed by atoms with Gasteiger partial charge in [0.2, 0.25) is 0 Å². The van der Waals surface area contributed by atoms with E-state index in [9.17, 15) is 0 Å². The van der Waals surface area contributed by atoms with E-state index in [0.717, 1.165) is 13.1 Å². The normalized spacial score (nSPS) is 32.0. The minimum absolute atomic E-state index is 0. The third kappa shape index (κ3) is 6.50. The maximum absolute atomic E-state index is 3.57. The zero-order valence-corrected chi connectivity index (χ0v) is 12.3. The van der Waals surface area contributed by atoms with Crippen molar-refractivity contribution in [2.24, 2.45) is 0 Å².